The Kier molecular flexibility index (Phi) is 4.11. The first-order valence-corrected chi connectivity index (χ1v) is 8.39. The van der Waals surface area contributed by atoms with Gasteiger partial charge >= 0.3 is 6.18 Å². The van der Waals surface area contributed by atoms with Crippen LogP contribution in [0.2, 0.25) is 0 Å². The Balaban J connectivity index is 1.75. The molecule has 2 aromatic carbocycles. The molecule has 0 unspecified atom stereocenters. The zero-order valence-electron chi connectivity index (χ0n) is 14.2. The van der Waals surface area contributed by atoms with E-state index in [9.17, 15) is 13.2 Å². The van der Waals surface area contributed by atoms with Gasteiger partial charge in [-0.1, -0.05) is 18.2 Å². The molecule has 3 nitrogen and oxygen atoms in total. The fraction of sp³-hybridized carbons (Fsp3) is 0.0952. The molecule has 27 heavy (non-hydrogen) atoms. The van der Waals surface area contributed by atoms with Crippen molar-refractivity contribution in [1.82, 2.24) is 4.98 Å². The summed E-state index contributed by atoms with van der Waals surface area (Å²) in [6, 6.07) is 14.9. The lowest BCUT2D eigenvalue weighted by Crippen LogP contribution is -2.26. The molecule has 0 fully saturated rings. The van der Waals surface area contributed by atoms with Gasteiger partial charge in [0.1, 0.15) is 0 Å². The van der Waals surface area contributed by atoms with E-state index < -0.39 is 11.7 Å². The van der Waals surface area contributed by atoms with E-state index in [0.29, 0.717) is 17.9 Å². The summed E-state index contributed by atoms with van der Waals surface area (Å²) >= 11 is 0. The van der Waals surface area contributed by atoms with Crippen molar-refractivity contribution in [2.75, 3.05) is 11.4 Å². The number of pyridine rings is 1. The van der Waals surface area contributed by atoms with Crippen LogP contribution in [-0.4, -0.2) is 11.5 Å². The number of hydrogen-bond donors (Lipinski definition) is 1. The zero-order valence-corrected chi connectivity index (χ0v) is 14.2. The molecule has 1 aromatic heterocycles. The molecule has 4 rings (SSSR count). The fourth-order valence-corrected chi connectivity index (χ4v) is 3.13. The van der Waals surface area contributed by atoms with Gasteiger partial charge in [0.25, 0.3) is 0 Å². The average molecular weight is 367 g/mol. The second-order valence-corrected chi connectivity index (χ2v) is 6.30. The largest absolute Gasteiger partial charge is 0.416 e. The van der Waals surface area contributed by atoms with Crippen molar-refractivity contribution in [2.45, 2.75) is 6.18 Å². The molecule has 0 saturated heterocycles. The zero-order chi connectivity index (χ0) is 19.0. The molecule has 0 bridgehead atoms. The van der Waals surface area contributed by atoms with Crippen molar-refractivity contribution >= 4 is 22.3 Å². The summed E-state index contributed by atoms with van der Waals surface area (Å²) in [5, 5.41) is 1.02. The average Bonchev–Trinajstić information content (AvgIpc) is 2.67. The van der Waals surface area contributed by atoms with Gasteiger partial charge in [0.05, 0.1) is 16.8 Å². The van der Waals surface area contributed by atoms with E-state index in [1.165, 1.54) is 12.1 Å². The van der Waals surface area contributed by atoms with E-state index in [0.717, 1.165) is 34.3 Å². The van der Waals surface area contributed by atoms with Crippen molar-refractivity contribution in [1.29, 1.82) is 0 Å². The summed E-state index contributed by atoms with van der Waals surface area (Å²) in [7, 11) is 0. The number of hydrogen-bond acceptors (Lipinski definition) is 3. The van der Waals surface area contributed by atoms with Crippen molar-refractivity contribution in [2.24, 2.45) is 5.73 Å². The highest BCUT2D eigenvalue weighted by Gasteiger charge is 2.30. The SMILES string of the molecule is NC1=CCN(c2ccc(C(F)(F)F)cc2)C(c2ccc3cccnc3c2)=C1. The monoisotopic (exact) mass is 367 g/mol. The lowest BCUT2D eigenvalue weighted by Gasteiger charge is -2.30. The van der Waals surface area contributed by atoms with Gasteiger partial charge in [0, 0.05) is 35.1 Å². The standard InChI is InChI=1S/C21H16F3N3/c22-21(23,24)16-5-7-18(8-6-16)27-11-9-17(25)13-20(27)15-4-3-14-2-1-10-26-19(14)12-15/h1-10,12-13H,11,25H2. The van der Waals surface area contributed by atoms with Crippen LogP contribution in [0, 0.1) is 0 Å². The Labute approximate surface area is 154 Å². The molecule has 0 spiro atoms. The number of fused-ring (bicyclic) bond motifs is 1. The third-order valence-corrected chi connectivity index (χ3v) is 4.51. The Hall–Kier alpha value is -3.28. The number of rotatable bonds is 2. The highest BCUT2D eigenvalue weighted by Crippen LogP contribution is 2.34. The van der Waals surface area contributed by atoms with Crippen LogP contribution in [-0.2, 0) is 6.18 Å². The van der Waals surface area contributed by atoms with Gasteiger partial charge in [0.15, 0.2) is 0 Å². The number of alkyl halides is 3. The lowest BCUT2D eigenvalue weighted by molar-refractivity contribution is -0.137. The Bertz CT molecular complexity index is 1050. The lowest BCUT2D eigenvalue weighted by atomic mass is 10.0. The van der Waals surface area contributed by atoms with E-state index in [2.05, 4.69) is 4.98 Å². The summed E-state index contributed by atoms with van der Waals surface area (Å²) in [5.41, 5.74) is 9.17. The summed E-state index contributed by atoms with van der Waals surface area (Å²) in [6.07, 6.45) is 1.03. The fourth-order valence-electron chi connectivity index (χ4n) is 3.13. The summed E-state index contributed by atoms with van der Waals surface area (Å²) in [5.74, 6) is 0. The number of nitrogens with two attached hydrogens (primary N) is 1. The maximum atomic E-state index is 12.8. The molecule has 1 aliphatic rings. The van der Waals surface area contributed by atoms with Crippen molar-refractivity contribution in [3.8, 4) is 0 Å². The van der Waals surface area contributed by atoms with Crippen molar-refractivity contribution in [3.63, 3.8) is 0 Å². The van der Waals surface area contributed by atoms with Crippen LogP contribution < -0.4 is 10.6 Å². The smallest absolute Gasteiger partial charge is 0.399 e. The van der Waals surface area contributed by atoms with Gasteiger partial charge in [-0.15, -0.1) is 0 Å². The van der Waals surface area contributed by atoms with E-state index >= 15 is 0 Å². The van der Waals surface area contributed by atoms with E-state index in [-0.39, 0.29) is 0 Å². The summed E-state index contributed by atoms with van der Waals surface area (Å²) in [4.78, 5) is 6.31. The third-order valence-electron chi connectivity index (χ3n) is 4.51. The van der Waals surface area contributed by atoms with Crippen LogP contribution >= 0.6 is 0 Å². The molecule has 0 radical (unpaired) electrons. The van der Waals surface area contributed by atoms with Crippen LogP contribution in [0.1, 0.15) is 11.1 Å². The number of allylic oxidation sites excluding steroid dienone is 1. The minimum Gasteiger partial charge on any atom is -0.399 e. The predicted octanol–water partition coefficient (Wildman–Crippen LogP) is 4.96. The van der Waals surface area contributed by atoms with Crippen molar-refractivity contribution in [3.05, 3.63) is 89.8 Å². The molecular formula is C21H16F3N3. The number of nitrogens with zero attached hydrogens (tertiary/aromatic N) is 2. The minimum atomic E-state index is -4.35. The normalized spacial score (nSPS) is 14.9. The molecule has 3 aromatic rings. The highest BCUT2D eigenvalue weighted by molar-refractivity contribution is 5.88. The van der Waals surface area contributed by atoms with Crippen molar-refractivity contribution < 1.29 is 13.2 Å². The van der Waals surface area contributed by atoms with Gasteiger partial charge in [-0.2, -0.15) is 13.2 Å². The topological polar surface area (TPSA) is 42.1 Å². The summed E-state index contributed by atoms with van der Waals surface area (Å²) in [6.45, 7) is 0.475. The molecule has 1 aliphatic heterocycles. The van der Waals surface area contributed by atoms with Gasteiger partial charge < -0.3 is 10.6 Å². The molecule has 0 saturated carbocycles. The van der Waals surface area contributed by atoms with Crippen LogP contribution in [0.15, 0.2) is 78.6 Å². The van der Waals surface area contributed by atoms with E-state index in [4.69, 9.17) is 5.73 Å². The van der Waals surface area contributed by atoms with Crippen LogP contribution in [0.4, 0.5) is 18.9 Å². The Morgan fingerprint density at radius 1 is 1.00 bits per heavy atom. The second-order valence-electron chi connectivity index (χ2n) is 6.30. The van der Waals surface area contributed by atoms with Gasteiger partial charge in [-0.25, -0.2) is 0 Å². The Morgan fingerprint density at radius 3 is 2.52 bits per heavy atom. The number of halogens is 3. The van der Waals surface area contributed by atoms with Gasteiger partial charge in [-0.3, -0.25) is 4.98 Å². The van der Waals surface area contributed by atoms with E-state index in [1.54, 1.807) is 6.20 Å². The molecule has 0 atom stereocenters. The third kappa shape index (κ3) is 3.38. The van der Waals surface area contributed by atoms with Crippen LogP contribution in [0.5, 0.6) is 0 Å². The summed E-state index contributed by atoms with van der Waals surface area (Å²) < 4.78 is 38.5. The minimum absolute atomic E-state index is 0.475. The highest BCUT2D eigenvalue weighted by atomic mass is 19.4. The van der Waals surface area contributed by atoms with E-state index in [1.807, 2.05) is 47.4 Å². The van der Waals surface area contributed by atoms with Gasteiger partial charge in [-0.05, 0) is 48.6 Å². The first kappa shape index (κ1) is 17.1. The second kappa shape index (κ2) is 6.46. The molecule has 0 amide bonds. The first-order valence-electron chi connectivity index (χ1n) is 8.39. The maximum absolute atomic E-state index is 12.8. The molecule has 6 heteroatoms. The molecule has 0 aliphatic carbocycles. The Morgan fingerprint density at radius 2 is 1.78 bits per heavy atom. The first-order chi connectivity index (χ1) is 12.9. The number of aromatic nitrogens is 1. The predicted molar refractivity (Wildman–Crippen MR) is 101 cm³/mol. The van der Waals surface area contributed by atoms with Crippen LogP contribution in [0.3, 0.4) is 0 Å². The quantitative estimate of drug-likeness (QED) is 0.696. The molecule has 2 N–H and O–H groups in total. The molecular weight excluding hydrogens is 351 g/mol. The molecule has 136 valence electrons. The van der Waals surface area contributed by atoms with Gasteiger partial charge in [0.2, 0.25) is 0 Å². The van der Waals surface area contributed by atoms with Crippen LogP contribution in [0.25, 0.3) is 16.6 Å². The number of benzene rings is 2. The maximum Gasteiger partial charge on any atom is 0.416 e. The number of anilines is 1. The molecule has 2 heterocycles.